The van der Waals surface area contributed by atoms with E-state index in [1.807, 2.05) is 0 Å². The number of halogens is 1. The highest BCUT2D eigenvalue weighted by Crippen LogP contribution is 2.09. The van der Waals surface area contributed by atoms with Crippen molar-refractivity contribution < 1.29 is 9.18 Å². The van der Waals surface area contributed by atoms with E-state index in [1.165, 1.54) is 24.3 Å². The van der Waals surface area contributed by atoms with Crippen LogP contribution in [0.4, 0.5) is 14.9 Å². The molecule has 0 aliphatic carbocycles. The van der Waals surface area contributed by atoms with Gasteiger partial charge in [0.15, 0.2) is 0 Å². The van der Waals surface area contributed by atoms with Gasteiger partial charge in [-0.2, -0.15) is 0 Å². The molecule has 0 spiro atoms. The number of carbonyl (C=O) groups excluding carboxylic acids is 1. The van der Waals surface area contributed by atoms with Crippen molar-refractivity contribution in [2.24, 2.45) is 5.73 Å². The van der Waals surface area contributed by atoms with Crippen LogP contribution in [0.15, 0.2) is 24.3 Å². The Bertz CT molecular complexity index is 367. The van der Waals surface area contributed by atoms with Gasteiger partial charge in [0.25, 0.3) is 0 Å². The predicted octanol–water partition coefficient (Wildman–Crippen LogP) is 2.42. The van der Waals surface area contributed by atoms with Crippen LogP contribution in [-0.4, -0.2) is 30.6 Å². The molecule has 0 atom stereocenters. The minimum Gasteiger partial charge on any atom is -0.329 e. The van der Waals surface area contributed by atoms with Crippen LogP contribution in [-0.2, 0) is 0 Å². The number of unbranched alkanes of at least 4 members (excludes halogenated alkanes) is 1. The van der Waals surface area contributed by atoms with Crippen LogP contribution in [0.2, 0.25) is 0 Å². The number of nitrogens with zero attached hydrogens (tertiary/aromatic N) is 1. The molecule has 4 nitrogen and oxygen atoms in total. The maximum absolute atomic E-state index is 12.7. The van der Waals surface area contributed by atoms with Crippen molar-refractivity contribution in [3.8, 4) is 0 Å². The first-order valence-corrected chi connectivity index (χ1v) is 6.19. The summed E-state index contributed by atoms with van der Waals surface area (Å²) in [5, 5.41) is 2.73. The second-order valence-corrected chi connectivity index (χ2v) is 4.07. The Kier molecular flexibility index (Phi) is 6.14. The van der Waals surface area contributed by atoms with Crippen LogP contribution in [0.5, 0.6) is 0 Å². The van der Waals surface area contributed by atoms with E-state index in [4.69, 9.17) is 5.73 Å². The van der Waals surface area contributed by atoms with Crippen molar-refractivity contribution in [3.63, 3.8) is 0 Å². The Morgan fingerprint density at radius 2 is 2.00 bits per heavy atom. The number of benzene rings is 1. The Morgan fingerprint density at radius 1 is 1.33 bits per heavy atom. The molecule has 0 unspecified atom stereocenters. The highest BCUT2D eigenvalue weighted by Gasteiger charge is 2.11. The van der Waals surface area contributed by atoms with Gasteiger partial charge in [-0.1, -0.05) is 13.3 Å². The third kappa shape index (κ3) is 4.71. The fourth-order valence-corrected chi connectivity index (χ4v) is 1.56. The zero-order valence-electron chi connectivity index (χ0n) is 10.7. The van der Waals surface area contributed by atoms with E-state index < -0.39 is 0 Å². The summed E-state index contributed by atoms with van der Waals surface area (Å²) in [5.41, 5.74) is 6.06. The molecule has 0 bridgehead atoms. The fourth-order valence-electron chi connectivity index (χ4n) is 1.56. The van der Waals surface area contributed by atoms with Crippen molar-refractivity contribution in [3.05, 3.63) is 30.1 Å². The van der Waals surface area contributed by atoms with Crippen LogP contribution in [0, 0.1) is 5.82 Å². The van der Waals surface area contributed by atoms with Gasteiger partial charge in [-0.25, -0.2) is 9.18 Å². The Morgan fingerprint density at radius 3 is 2.56 bits per heavy atom. The maximum atomic E-state index is 12.7. The number of rotatable bonds is 6. The third-order valence-electron chi connectivity index (χ3n) is 2.56. The van der Waals surface area contributed by atoms with Gasteiger partial charge >= 0.3 is 6.03 Å². The van der Waals surface area contributed by atoms with Gasteiger partial charge in [-0.15, -0.1) is 0 Å². The molecule has 100 valence electrons. The lowest BCUT2D eigenvalue weighted by molar-refractivity contribution is 0.212. The van der Waals surface area contributed by atoms with Crippen LogP contribution in [0.3, 0.4) is 0 Å². The highest BCUT2D eigenvalue weighted by molar-refractivity contribution is 5.89. The molecular weight excluding hydrogens is 233 g/mol. The number of hydrogen-bond acceptors (Lipinski definition) is 2. The molecular formula is C13H20FN3O. The number of nitrogens with two attached hydrogens (primary N) is 1. The van der Waals surface area contributed by atoms with Gasteiger partial charge in [0.05, 0.1) is 0 Å². The summed E-state index contributed by atoms with van der Waals surface area (Å²) in [7, 11) is 0. The Hall–Kier alpha value is -1.62. The first-order chi connectivity index (χ1) is 8.67. The largest absolute Gasteiger partial charge is 0.329 e. The lowest BCUT2D eigenvalue weighted by Crippen LogP contribution is -2.39. The molecule has 0 aliphatic rings. The summed E-state index contributed by atoms with van der Waals surface area (Å²) < 4.78 is 12.7. The quantitative estimate of drug-likeness (QED) is 0.818. The van der Waals surface area contributed by atoms with E-state index in [-0.39, 0.29) is 11.8 Å². The van der Waals surface area contributed by atoms with E-state index >= 15 is 0 Å². The number of urea groups is 1. The van der Waals surface area contributed by atoms with E-state index in [0.717, 1.165) is 12.8 Å². The second kappa shape index (κ2) is 7.66. The zero-order chi connectivity index (χ0) is 13.4. The van der Waals surface area contributed by atoms with Crippen LogP contribution in [0.25, 0.3) is 0 Å². The van der Waals surface area contributed by atoms with Crippen LogP contribution >= 0.6 is 0 Å². The molecule has 1 aromatic carbocycles. The molecule has 2 amide bonds. The number of hydrogen-bond donors (Lipinski definition) is 2. The summed E-state index contributed by atoms with van der Waals surface area (Å²) in [5.74, 6) is -0.321. The molecule has 0 aliphatic heterocycles. The Labute approximate surface area is 107 Å². The lowest BCUT2D eigenvalue weighted by atomic mass is 10.3. The van der Waals surface area contributed by atoms with Crippen molar-refractivity contribution >= 4 is 11.7 Å². The molecule has 1 aromatic rings. The van der Waals surface area contributed by atoms with Gasteiger partial charge in [0.1, 0.15) is 5.82 Å². The van der Waals surface area contributed by atoms with Gasteiger partial charge in [0.2, 0.25) is 0 Å². The standard InChI is InChI=1S/C13H20FN3O/c1-2-3-9-17(10-8-15)13(18)16-12-6-4-11(14)5-7-12/h4-7H,2-3,8-10,15H2,1H3,(H,16,18). The van der Waals surface area contributed by atoms with E-state index in [2.05, 4.69) is 12.2 Å². The summed E-state index contributed by atoms with van der Waals surface area (Å²) >= 11 is 0. The first-order valence-electron chi connectivity index (χ1n) is 6.19. The van der Waals surface area contributed by atoms with Crippen molar-refractivity contribution in [2.45, 2.75) is 19.8 Å². The predicted molar refractivity (Wildman–Crippen MR) is 71.0 cm³/mol. The molecule has 0 heterocycles. The maximum Gasteiger partial charge on any atom is 0.321 e. The summed E-state index contributed by atoms with van der Waals surface area (Å²) in [4.78, 5) is 13.6. The summed E-state index contributed by atoms with van der Waals surface area (Å²) in [6.07, 6.45) is 1.96. The SMILES string of the molecule is CCCCN(CCN)C(=O)Nc1ccc(F)cc1. The van der Waals surface area contributed by atoms with Crippen molar-refractivity contribution in [2.75, 3.05) is 25.0 Å². The van der Waals surface area contributed by atoms with E-state index in [9.17, 15) is 9.18 Å². The topological polar surface area (TPSA) is 58.4 Å². The average molecular weight is 253 g/mol. The zero-order valence-corrected chi connectivity index (χ0v) is 10.7. The smallest absolute Gasteiger partial charge is 0.321 e. The molecule has 0 fully saturated rings. The minimum atomic E-state index is -0.321. The van der Waals surface area contributed by atoms with Gasteiger partial charge in [-0.05, 0) is 30.7 Å². The molecule has 0 aromatic heterocycles. The number of carbonyl (C=O) groups is 1. The first kappa shape index (κ1) is 14.4. The normalized spacial score (nSPS) is 10.2. The van der Waals surface area contributed by atoms with Crippen LogP contribution < -0.4 is 11.1 Å². The average Bonchev–Trinajstić information content (AvgIpc) is 2.37. The molecule has 0 radical (unpaired) electrons. The summed E-state index contributed by atoms with van der Waals surface area (Å²) in [6.45, 7) is 3.70. The van der Waals surface area contributed by atoms with E-state index in [0.29, 0.717) is 25.3 Å². The van der Waals surface area contributed by atoms with Crippen molar-refractivity contribution in [1.29, 1.82) is 0 Å². The van der Waals surface area contributed by atoms with Gasteiger partial charge < -0.3 is 16.0 Å². The highest BCUT2D eigenvalue weighted by atomic mass is 19.1. The Balaban J connectivity index is 2.57. The number of nitrogens with one attached hydrogen (secondary N) is 1. The monoisotopic (exact) mass is 253 g/mol. The second-order valence-electron chi connectivity index (χ2n) is 4.07. The van der Waals surface area contributed by atoms with Gasteiger partial charge in [0, 0.05) is 25.3 Å². The minimum absolute atomic E-state index is 0.194. The van der Waals surface area contributed by atoms with Crippen LogP contribution in [0.1, 0.15) is 19.8 Å². The summed E-state index contributed by atoms with van der Waals surface area (Å²) in [6, 6.07) is 5.51. The van der Waals surface area contributed by atoms with Gasteiger partial charge in [-0.3, -0.25) is 0 Å². The molecule has 3 N–H and O–H groups in total. The third-order valence-corrected chi connectivity index (χ3v) is 2.56. The van der Waals surface area contributed by atoms with Crippen molar-refractivity contribution in [1.82, 2.24) is 4.90 Å². The lowest BCUT2D eigenvalue weighted by Gasteiger charge is -2.22. The molecule has 0 saturated carbocycles. The molecule has 1 rings (SSSR count). The number of amides is 2. The molecule has 5 heteroatoms. The fraction of sp³-hybridized carbons (Fsp3) is 0.462. The molecule has 18 heavy (non-hydrogen) atoms. The number of anilines is 1. The van der Waals surface area contributed by atoms with E-state index in [1.54, 1.807) is 4.90 Å². The molecule has 0 saturated heterocycles.